The first-order valence-corrected chi connectivity index (χ1v) is 5.98. The Bertz CT molecular complexity index is 170. The normalized spacial score (nSPS) is 11.3. The predicted octanol–water partition coefficient (Wildman–Crippen LogP) is 2.57. The largest absolute Gasteiger partial charge is 0.319 e. The van der Waals surface area contributed by atoms with Crippen LogP contribution in [-0.2, 0) is 9.05 Å². The molecule has 0 aliphatic carbocycles. The third kappa shape index (κ3) is 8.40. The summed E-state index contributed by atoms with van der Waals surface area (Å²) < 4.78 is 11.1. The van der Waals surface area contributed by atoms with E-state index >= 15 is 0 Å². The number of nitrogens with zero attached hydrogens (tertiary/aromatic N) is 1. The molecule has 82 valence electrons. The summed E-state index contributed by atoms with van der Waals surface area (Å²) in [5, 5.41) is 11.5. The van der Waals surface area contributed by atoms with E-state index in [2.05, 4.69) is 11.2 Å². The zero-order valence-electron chi connectivity index (χ0n) is 9.28. The second kappa shape index (κ2) is 8.14. The highest BCUT2D eigenvalue weighted by Crippen LogP contribution is 2.36. The molecule has 0 atom stereocenters. The van der Waals surface area contributed by atoms with Crippen LogP contribution in [-0.4, -0.2) is 18.8 Å². The first-order chi connectivity index (χ1) is 6.56. The highest BCUT2D eigenvalue weighted by Gasteiger charge is 2.13. The van der Waals surface area contributed by atoms with E-state index in [-0.39, 0.29) is 12.2 Å². The molecule has 5 heteroatoms. The van der Waals surface area contributed by atoms with E-state index in [9.17, 15) is 0 Å². The van der Waals surface area contributed by atoms with Crippen molar-refractivity contribution in [1.29, 1.82) is 5.26 Å². The Morgan fingerprint density at radius 1 is 1.21 bits per heavy atom. The SMILES string of the molecule is CC(C)OP(NCCC#N)OC(C)C. The first kappa shape index (κ1) is 13.8. The van der Waals surface area contributed by atoms with Gasteiger partial charge in [0.05, 0.1) is 18.3 Å². The van der Waals surface area contributed by atoms with Crippen molar-refractivity contribution in [1.82, 2.24) is 5.09 Å². The molecule has 0 rings (SSSR count). The van der Waals surface area contributed by atoms with Gasteiger partial charge in [0.25, 0.3) is 8.53 Å². The third-order valence-corrected chi connectivity index (χ3v) is 2.80. The predicted molar refractivity (Wildman–Crippen MR) is 57.6 cm³/mol. The van der Waals surface area contributed by atoms with Crippen molar-refractivity contribution < 1.29 is 9.05 Å². The summed E-state index contributed by atoms with van der Waals surface area (Å²) >= 11 is 0. The molecule has 0 heterocycles. The fraction of sp³-hybridized carbons (Fsp3) is 0.889. The summed E-state index contributed by atoms with van der Waals surface area (Å²) in [4.78, 5) is 0. The molecule has 0 saturated carbocycles. The van der Waals surface area contributed by atoms with Gasteiger partial charge in [-0.2, -0.15) is 5.26 Å². The van der Waals surface area contributed by atoms with Crippen LogP contribution in [0.4, 0.5) is 0 Å². The van der Waals surface area contributed by atoms with Crippen LogP contribution in [0.3, 0.4) is 0 Å². The molecule has 0 aromatic rings. The standard InChI is InChI=1S/C9H19N2O2P/c1-8(2)12-14(13-9(3)4)11-7-5-6-10/h8-9,11H,5,7H2,1-4H3. The van der Waals surface area contributed by atoms with E-state index in [0.717, 1.165) is 0 Å². The second-order valence-electron chi connectivity index (χ2n) is 3.38. The molecular weight excluding hydrogens is 199 g/mol. The van der Waals surface area contributed by atoms with Crippen LogP contribution >= 0.6 is 8.53 Å². The summed E-state index contributed by atoms with van der Waals surface area (Å²) in [6.45, 7) is 8.47. The molecule has 0 aromatic carbocycles. The van der Waals surface area contributed by atoms with E-state index in [1.165, 1.54) is 0 Å². The monoisotopic (exact) mass is 218 g/mol. The van der Waals surface area contributed by atoms with Gasteiger partial charge in [-0.1, -0.05) is 0 Å². The Kier molecular flexibility index (Phi) is 8.02. The van der Waals surface area contributed by atoms with Gasteiger partial charge >= 0.3 is 0 Å². The van der Waals surface area contributed by atoms with Crippen LogP contribution < -0.4 is 5.09 Å². The van der Waals surface area contributed by atoms with Gasteiger partial charge in [0.2, 0.25) is 0 Å². The first-order valence-electron chi connectivity index (χ1n) is 4.80. The minimum absolute atomic E-state index is 0.134. The Morgan fingerprint density at radius 2 is 1.71 bits per heavy atom. The minimum Gasteiger partial charge on any atom is -0.319 e. The summed E-state index contributed by atoms with van der Waals surface area (Å²) in [6, 6.07) is 2.07. The van der Waals surface area contributed by atoms with Crippen molar-refractivity contribution in [3.63, 3.8) is 0 Å². The van der Waals surface area contributed by atoms with Crippen LogP contribution in [0.25, 0.3) is 0 Å². The average Bonchev–Trinajstić information content (AvgIpc) is 2.02. The summed E-state index contributed by atoms with van der Waals surface area (Å²) in [5.41, 5.74) is 0. The Morgan fingerprint density at radius 3 is 2.07 bits per heavy atom. The molecule has 1 N–H and O–H groups in total. The number of rotatable bonds is 7. The zero-order valence-corrected chi connectivity index (χ0v) is 10.2. The van der Waals surface area contributed by atoms with E-state index in [1.54, 1.807) is 0 Å². The summed E-state index contributed by atoms with van der Waals surface area (Å²) in [7, 11) is -1.05. The van der Waals surface area contributed by atoms with Crippen molar-refractivity contribution in [3.8, 4) is 6.07 Å². The van der Waals surface area contributed by atoms with E-state index in [0.29, 0.717) is 13.0 Å². The van der Waals surface area contributed by atoms with Gasteiger partial charge in [0, 0.05) is 13.0 Å². The molecule has 0 unspecified atom stereocenters. The van der Waals surface area contributed by atoms with Gasteiger partial charge in [0.1, 0.15) is 0 Å². The maximum Gasteiger partial charge on any atom is 0.256 e. The fourth-order valence-corrected chi connectivity index (χ4v) is 1.94. The molecule has 0 spiro atoms. The van der Waals surface area contributed by atoms with Gasteiger partial charge in [-0.3, -0.25) is 0 Å². The molecule has 0 amide bonds. The molecule has 0 bridgehead atoms. The maximum absolute atomic E-state index is 8.38. The number of nitriles is 1. The highest BCUT2D eigenvalue weighted by atomic mass is 31.2. The van der Waals surface area contributed by atoms with Crippen molar-refractivity contribution >= 4 is 8.53 Å². The lowest BCUT2D eigenvalue weighted by molar-refractivity contribution is 0.171. The molecule has 0 aromatic heterocycles. The quantitative estimate of drug-likeness (QED) is 0.527. The Balaban J connectivity index is 3.79. The van der Waals surface area contributed by atoms with Crippen molar-refractivity contribution in [2.75, 3.05) is 6.54 Å². The average molecular weight is 218 g/mol. The van der Waals surface area contributed by atoms with Crippen LogP contribution in [0.5, 0.6) is 0 Å². The van der Waals surface area contributed by atoms with E-state index in [4.69, 9.17) is 14.3 Å². The lowest BCUT2D eigenvalue weighted by Crippen LogP contribution is -2.16. The lowest BCUT2D eigenvalue weighted by Gasteiger charge is -2.21. The summed E-state index contributed by atoms with van der Waals surface area (Å²) in [6.07, 6.45) is 0.741. The molecule has 0 fully saturated rings. The molecule has 4 nitrogen and oxygen atoms in total. The molecular formula is C9H19N2O2P. The minimum atomic E-state index is -1.05. The van der Waals surface area contributed by atoms with Crippen molar-refractivity contribution in [3.05, 3.63) is 0 Å². The van der Waals surface area contributed by atoms with Gasteiger partial charge in [-0.25, -0.2) is 5.09 Å². The molecule has 0 radical (unpaired) electrons. The maximum atomic E-state index is 8.38. The van der Waals surface area contributed by atoms with Crippen LogP contribution in [0, 0.1) is 11.3 Å². The van der Waals surface area contributed by atoms with Gasteiger partial charge in [-0.05, 0) is 27.7 Å². The molecule has 14 heavy (non-hydrogen) atoms. The smallest absolute Gasteiger partial charge is 0.256 e. The zero-order chi connectivity index (χ0) is 11.0. The molecule has 0 aliphatic rings. The Hall–Kier alpha value is -0.200. The third-order valence-electron chi connectivity index (χ3n) is 1.09. The summed E-state index contributed by atoms with van der Waals surface area (Å²) in [5.74, 6) is 0. The van der Waals surface area contributed by atoms with Gasteiger partial charge in [-0.15, -0.1) is 0 Å². The number of nitrogens with one attached hydrogen (secondary N) is 1. The lowest BCUT2D eigenvalue weighted by atomic mass is 10.5. The van der Waals surface area contributed by atoms with Gasteiger partial charge in [0.15, 0.2) is 0 Å². The Labute approximate surface area is 87.6 Å². The van der Waals surface area contributed by atoms with Crippen LogP contribution in [0.1, 0.15) is 34.1 Å². The van der Waals surface area contributed by atoms with Gasteiger partial charge < -0.3 is 9.05 Å². The van der Waals surface area contributed by atoms with Crippen LogP contribution in [0.2, 0.25) is 0 Å². The fourth-order valence-electron chi connectivity index (χ4n) is 0.685. The number of hydrogen-bond acceptors (Lipinski definition) is 4. The van der Waals surface area contributed by atoms with Crippen LogP contribution in [0.15, 0.2) is 0 Å². The molecule has 0 aliphatic heterocycles. The van der Waals surface area contributed by atoms with E-state index in [1.807, 2.05) is 27.7 Å². The second-order valence-corrected chi connectivity index (χ2v) is 4.63. The highest BCUT2D eigenvalue weighted by molar-refractivity contribution is 7.45. The molecule has 0 saturated heterocycles. The van der Waals surface area contributed by atoms with Crippen molar-refractivity contribution in [2.24, 2.45) is 0 Å². The topological polar surface area (TPSA) is 54.3 Å². The van der Waals surface area contributed by atoms with E-state index < -0.39 is 8.53 Å². The van der Waals surface area contributed by atoms with Crippen molar-refractivity contribution in [2.45, 2.75) is 46.3 Å². The number of hydrogen-bond donors (Lipinski definition) is 1.